The van der Waals surface area contributed by atoms with Crippen molar-refractivity contribution in [1.82, 2.24) is 9.88 Å². The topological polar surface area (TPSA) is 42.4 Å². The second kappa shape index (κ2) is 5.71. The third-order valence-electron chi connectivity index (χ3n) is 3.64. The molecule has 1 amide bonds. The fourth-order valence-electron chi connectivity index (χ4n) is 2.40. The predicted octanol–water partition coefficient (Wildman–Crippen LogP) is 3.29. The monoisotopic (exact) mass is 304 g/mol. The van der Waals surface area contributed by atoms with Gasteiger partial charge in [0.15, 0.2) is 0 Å². The maximum absolute atomic E-state index is 14.2. The number of ether oxygens (including phenoxy) is 1. The molecule has 0 unspecified atom stereocenters. The van der Waals surface area contributed by atoms with Crippen molar-refractivity contribution in [3.8, 4) is 11.1 Å². The van der Waals surface area contributed by atoms with E-state index in [1.54, 1.807) is 17.2 Å². The van der Waals surface area contributed by atoms with Crippen molar-refractivity contribution in [3.63, 3.8) is 0 Å². The minimum Gasteiger partial charge on any atom is -0.448 e. The summed E-state index contributed by atoms with van der Waals surface area (Å²) in [6, 6.07) is 4.37. The van der Waals surface area contributed by atoms with Gasteiger partial charge in [0.25, 0.3) is 0 Å². The Labute approximate surface area is 126 Å². The molecule has 1 aromatic heterocycles. The van der Waals surface area contributed by atoms with Gasteiger partial charge in [-0.2, -0.15) is 0 Å². The van der Waals surface area contributed by atoms with E-state index in [2.05, 4.69) is 4.98 Å². The first-order chi connectivity index (χ1) is 10.6. The highest BCUT2D eigenvalue weighted by molar-refractivity contribution is 5.69. The zero-order chi connectivity index (χ0) is 15.7. The lowest BCUT2D eigenvalue weighted by atomic mass is 10.0. The molecular weight excluding hydrogens is 290 g/mol. The Balaban J connectivity index is 1.91. The number of carbonyl (C=O) groups is 1. The smallest absolute Gasteiger partial charge is 0.410 e. The van der Waals surface area contributed by atoms with E-state index in [4.69, 9.17) is 4.74 Å². The van der Waals surface area contributed by atoms with E-state index in [1.807, 2.05) is 0 Å². The van der Waals surface area contributed by atoms with Crippen molar-refractivity contribution < 1.29 is 18.3 Å². The molecule has 4 nitrogen and oxygen atoms in total. The van der Waals surface area contributed by atoms with Crippen LogP contribution in [0.25, 0.3) is 11.1 Å². The molecule has 0 aliphatic carbocycles. The Hall–Kier alpha value is -2.50. The van der Waals surface area contributed by atoms with Crippen LogP contribution in [0.4, 0.5) is 13.6 Å². The van der Waals surface area contributed by atoms with Gasteiger partial charge < -0.3 is 9.64 Å². The molecule has 1 aliphatic heterocycles. The number of benzene rings is 1. The van der Waals surface area contributed by atoms with Crippen LogP contribution in [-0.4, -0.2) is 29.1 Å². The van der Waals surface area contributed by atoms with Gasteiger partial charge in [-0.15, -0.1) is 0 Å². The van der Waals surface area contributed by atoms with Crippen molar-refractivity contribution >= 4 is 6.09 Å². The van der Waals surface area contributed by atoms with Gasteiger partial charge >= 0.3 is 6.09 Å². The molecule has 0 spiro atoms. The lowest BCUT2D eigenvalue weighted by molar-refractivity contribution is 0.157. The van der Waals surface area contributed by atoms with Crippen LogP contribution in [0.15, 0.2) is 30.6 Å². The summed E-state index contributed by atoms with van der Waals surface area (Å²) in [5.74, 6) is -1.18. The standard InChI is InChI=1S/C16H14F2N2O2/c1-10-14(17)3-2-13(15(10)18)12-6-11(7-19-8-12)9-20-4-5-22-16(20)21/h2-3,6-8H,4-5,9H2,1H3. The van der Waals surface area contributed by atoms with Crippen molar-refractivity contribution in [1.29, 1.82) is 0 Å². The molecule has 1 saturated heterocycles. The molecule has 114 valence electrons. The minimum atomic E-state index is -0.598. The normalized spacial score (nSPS) is 14.3. The van der Waals surface area contributed by atoms with Gasteiger partial charge in [-0.05, 0) is 30.7 Å². The maximum atomic E-state index is 14.2. The second-order valence-corrected chi connectivity index (χ2v) is 5.15. The summed E-state index contributed by atoms with van der Waals surface area (Å²) in [6.45, 7) is 2.64. The molecule has 3 rings (SSSR count). The van der Waals surface area contributed by atoms with Crippen LogP contribution in [0.5, 0.6) is 0 Å². The SMILES string of the molecule is Cc1c(F)ccc(-c2cncc(CN3CCOC3=O)c2)c1F. The molecule has 0 bridgehead atoms. The molecule has 1 aromatic carbocycles. The van der Waals surface area contributed by atoms with Crippen molar-refractivity contribution in [2.75, 3.05) is 13.2 Å². The summed E-state index contributed by atoms with van der Waals surface area (Å²) in [6.07, 6.45) is 2.76. The predicted molar refractivity (Wildman–Crippen MR) is 76.1 cm³/mol. The number of cyclic esters (lactones) is 1. The van der Waals surface area contributed by atoms with Crippen molar-refractivity contribution in [2.45, 2.75) is 13.5 Å². The zero-order valence-electron chi connectivity index (χ0n) is 12.0. The largest absolute Gasteiger partial charge is 0.448 e. The molecule has 6 heteroatoms. The number of rotatable bonds is 3. The lowest BCUT2D eigenvalue weighted by Gasteiger charge is -2.13. The fraction of sp³-hybridized carbons (Fsp3) is 0.250. The molecule has 2 heterocycles. The highest BCUT2D eigenvalue weighted by Gasteiger charge is 2.22. The number of hydrogen-bond acceptors (Lipinski definition) is 3. The number of nitrogens with zero attached hydrogens (tertiary/aromatic N) is 2. The highest BCUT2D eigenvalue weighted by Crippen LogP contribution is 2.26. The van der Waals surface area contributed by atoms with Crippen LogP contribution in [0.3, 0.4) is 0 Å². The third-order valence-corrected chi connectivity index (χ3v) is 3.64. The van der Waals surface area contributed by atoms with E-state index in [0.717, 1.165) is 5.56 Å². The van der Waals surface area contributed by atoms with Gasteiger partial charge in [-0.1, -0.05) is 0 Å². The van der Waals surface area contributed by atoms with Gasteiger partial charge in [0.2, 0.25) is 0 Å². The molecule has 2 aromatic rings. The third kappa shape index (κ3) is 2.64. The molecular formula is C16H14F2N2O2. The highest BCUT2D eigenvalue weighted by atomic mass is 19.1. The number of halogens is 2. The van der Waals surface area contributed by atoms with Crippen LogP contribution in [-0.2, 0) is 11.3 Å². The van der Waals surface area contributed by atoms with Crippen LogP contribution in [0.1, 0.15) is 11.1 Å². The number of amides is 1. The summed E-state index contributed by atoms with van der Waals surface area (Å²) in [5.41, 5.74) is 1.58. The summed E-state index contributed by atoms with van der Waals surface area (Å²) >= 11 is 0. The van der Waals surface area contributed by atoms with E-state index < -0.39 is 11.6 Å². The molecule has 0 saturated carbocycles. The van der Waals surface area contributed by atoms with E-state index >= 15 is 0 Å². The molecule has 1 fully saturated rings. The second-order valence-electron chi connectivity index (χ2n) is 5.15. The Kier molecular flexibility index (Phi) is 3.75. The van der Waals surface area contributed by atoms with E-state index in [-0.39, 0.29) is 17.2 Å². The van der Waals surface area contributed by atoms with Crippen molar-refractivity contribution in [2.24, 2.45) is 0 Å². The Bertz CT molecular complexity index is 734. The Morgan fingerprint density at radius 1 is 1.32 bits per heavy atom. The average molecular weight is 304 g/mol. The van der Waals surface area contributed by atoms with Crippen LogP contribution < -0.4 is 0 Å². The van der Waals surface area contributed by atoms with Gasteiger partial charge in [-0.25, -0.2) is 13.6 Å². The Morgan fingerprint density at radius 2 is 2.14 bits per heavy atom. The first kappa shape index (κ1) is 14.4. The number of pyridine rings is 1. The van der Waals surface area contributed by atoms with E-state index in [1.165, 1.54) is 25.3 Å². The van der Waals surface area contributed by atoms with Gasteiger partial charge in [-0.3, -0.25) is 4.98 Å². The molecule has 0 atom stereocenters. The summed E-state index contributed by atoms with van der Waals surface area (Å²) in [4.78, 5) is 17.1. The first-order valence-electron chi connectivity index (χ1n) is 6.87. The quantitative estimate of drug-likeness (QED) is 0.874. The maximum Gasteiger partial charge on any atom is 0.410 e. The Morgan fingerprint density at radius 3 is 2.86 bits per heavy atom. The molecule has 0 N–H and O–H groups in total. The molecule has 0 radical (unpaired) electrons. The van der Waals surface area contributed by atoms with Gasteiger partial charge in [0.1, 0.15) is 18.2 Å². The summed E-state index contributed by atoms with van der Waals surface area (Å²) < 4.78 is 32.4. The van der Waals surface area contributed by atoms with Gasteiger partial charge in [0.05, 0.1) is 13.1 Å². The van der Waals surface area contributed by atoms with Gasteiger partial charge in [0, 0.05) is 29.1 Å². The summed E-state index contributed by atoms with van der Waals surface area (Å²) in [7, 11) is 0. The minimum absolute atomic E-state index is 0.0222. The number of aromatic nitrogens is 1. The van der Waals surface area contributed by atoms with E-state index in [9.17, 15) is 13.6 Å². The molecule has 22 heavy (non-hydrogen) atoms. The van der Waals surface area contributed by atoms with Crippen LogP contribution >= 0.6 is 0 Å². The number of hydrogen-bond donors (Lipinski definition) is 0. The van der Waals surface area contributed by atoms with Crippen LogP contribution in [0.2, 0.25) is 0 Å². The lowest BCUT2D eigenvalue weighted by Crippen LogP contribution is -2.23. The first-order valence-corrected chi connectivity index (χ1v) is 6.87. The van der Waals surface area contributed by atoms with Crippen molar-refractivity contribution in [3.05, 3.63) is 53.4 Å². The van der Waals surface area contributed by atoms with E-state index in [0.29, 0.717) is 25.3 Å². The number of carbonyl (C=O) groups excluding carboxylic acids is 1. The average Bonchev–Trinajstić information content (AvgIpc) is 2.90. The fourth-order valence-corrected chi connectivity index (χ4v) is 2.40. The molecule has 1 aliphatic rings. The summed E-state index contributed by atoms with van der Waals surface area (Å²) in [5, 5.41) is 0. The zero-order valence-corrected chi connectivity index (χ0v) is 12.0. The van der Waals surface area contributed by atoms with Crippen LogP contribution in [0, 0.1) is 18.6 Å².